The summed E-state index contributed by atoms with van der Waals surface area (Å²) in [4.78, 5) is 8.35. The number of ether oxygens (including phenoxy) is 2. The number of hydrogen-bond acceptors (Lipinski definition) is 10. The molecule has 18 heteroatoms. The molecule has 2 unspecified atom stereocenters. The minimum absolute atomic E-state index is 0.140. The second kappa shape index (κ2) is 15.6. The number of pyridine rings is 2. The Morgan fingerprint density at radius 3 is 1.72 bits per heavy atom. The van der Waals surface area contributed by atoms with E-state index in [-0.39, 0.29) is 42.0 Å². The summed E-state index contributed by atoms with van der Waals surface area (Å²) in [6.45, 7) is -0.253. The smallest absolute Gasteiger partial charge is 0.488 e. The fraction of sp³-hybridized carbons (Fsp3) is 0.312. The van der Waals surface area contributed by atoms with Crippen LogP contribution in [0.1, 0.15) is 35.4 Å². The lowest BCUT2D eigenvalue weighted by molar-refractivity contribution is -0.138. The van der Waals surface area contributed by atoms with Crippen molar-refractivity contribution in [2.24, 2.45) is 0 Å². The van der Waals surface area contributed by atoms with Crippen molar-refractivity contribution in [3.05, 3.63) is 99.9 Å². The summed E-state index contributed by atoms with van der Waals surface area (Å²) in [5.41, 5.74) is -3.57. The van der Waals surface area contributed by atoms with Crippen molar-refractivity contribution in [2.45, 2.75) is 36.4 Å². The van der Waals surface area contributed by atoms with Gasteiger partial charge in [0.2, 0.25) is 0 Å². The van der Waals surface area contributed by atoms with Crippen molar-refractivity contribution >= 4 is 28.5 Å². The molecule has 2 aromatic heterocycles. The van der Waals surface area contributed by atoms with Crippen LogP contribution >= 0.6 is 15.9 Å². The Kier molecular flexibility index (Phi) is 12.2. The van der Waals surface area contributed by atoms with Gasteiger partial charge in [0, 0.05) is 18.4 Å². The van der Waals surface area contributed by atoms with E-state index in [1.807, 2.05) is 0 Å². The number of rotatable bonds is 4. The third-order valence-corrected chi connectivity index (χ3v) is 8.07. The third-order valence-electron chi connectivity index (χ3n) is 7.63. The van der Waals surface area contributed by atoms with Crippen LogP contribution in [0.5, 0.6) is 11.5 Å². The lowest BCUT2D eigenvalue weighted by Gasteiger charge is -2.31. The van der Waals surface area contributed by atoms with Crippen LogP contribution in [0, 0.1) is 0 Å². The van der Waals surface area contributed by atoms with Crippen molar-refractivity contribution in [1.82, 2.24) is 9.97 Å². The first-order chi connectivity index (χ1) is 23.4. The molecule has 0 radical (unpaired) electrons. The zero-order chi connectivity index (χ0) is 36.9. The molecule has 4 heterocycles. The number of alkyl halides is 6. The van der Waals surface area contributed by atoms with Crippen LogP contribution in [0.15, 0.2) is 77.4 Å². The minimum Gasteiger partial charge on any atom is -0.491 e. The average molecular weight is 775 g/mol. The molecule has 0 amide bonds. The number of hydrogen-bond donors (Lipinski definition) is 6. The number of aliphatic hydroxyl groups is 4. The molecule has 0 bridgehead atoms. The molecule has 0 spiro atoms. The molecule has 0 saturated heterocycles. The predicted molar refractivity (Wildman–Crippen MR) is 170 cm³/mol. The maximum atomic E-state index is 12.8. The fourth-order valence-corrected chi connectivity index (χ4v) is 5.17. The van der Waals surface area contributed by atoms with Gasteiger partial charge in [-0.25, -0.2) is 9.97 Å². The van der Waals surface area contributed by atoms with Gasteiger partial charge in [0.05, 0.1) is 43.2 Å². The molecule has 2 aliphatic heterocycles. The van der Waals surface area contributed by atoms with E-state index in [0.29, 0.717) is 40.9 Å². The first-order valence-electron chi connectivity index (χ1n) is 14.7. The number of nitrogens with zero attached hydrogens (tertiary/aromatic N) is 2. The lowest BCUT2D eigenvalue weighted by atomic mass is 9.79. The van der Waals surface area contributed by atoms with Crippen LogP contribution < -0.4 is 14.9 Å². The Labute approximate surface area is 289 Å². The highest BCUT2D eigenvalue weighted by atomic mass is 79.9. The van der Waals surface area contributed by atoms with Crippen molar-refractivity contribution < 1.29 is 66.3 Å². The summed E-state index contributed by atoms with van der Waals surface area (Å²) in [5, 5.41) is 56.2. The molecular formula is C32H30BBrF6N2O8. The molecule has 6 rings (SSSR count). The Balaban J connectivity index is 0.000000180. The number of aliphatic hydroxyl groups excluding tert-OH is 2. The van der Waals surface area contributed by atoms with Crippen molar-refractivity contribution in [3.63, 3.8) is 0 Å². The van der Waals surface area contributed by atoms with E-state index in [9.17, 15) is 41.7 Å². The zero-order valence-corrected chi connectivity index (χ0v) is 27.4. The summed E-state index contributed by atoms with van der Waals surface area (Å²) >= 11 is 3.21. The topological polar surface area (TPSA) is 166 Å². The molecule has 2 aliphatic rings. The van der Waals surface area contributed by atoms with E-state index in [1.54, 1.807) is 12.1 Å². The Morgan fingerprint density at radius 1 is 0.700 bits per heavy atom. The lowest BCUT2D eigenvalue weighted by Crippen LogP contribution is -2.37. The van der Waals surface area contributed by atoms with E-state index in [2.05, 4.69) is 25.9 Å². The highest BCUT2D eigenvalue weighted by molar-refractivity contribution is 9.10. The highest BCUT2D eigenvalue weighted by Gasteiger charge is 2.38. The maximum absolute atomic E-state index is 12.8. The van der Waals surface area contributed by atoms with E-state index >= 15 is 0 Å². The number of fused-ring (bicyclic) bond motifs is 2. The monoisotopic (exact) mass is 774 g/mol. The third kappa shape index (κ3) is 9.31. The van der Waals surface area contributed by atoms with Gasteiger partial charge in [-0.15, -0.1) is 0 Å². The van der Waals surface area contributed by atoms with Crippen LogP contribution in [0.2, 0.25) is 0 Å². The van der Waals surface area contributed by atoms with Crippen LogP contribution in [0.4, 0.5) is 26.3 Å². The SMILES string of the molecule is OB(O)c1cccc(C(F)(F)F)c1.OCC1(O)CCOc2ccc(-c3cccc(C(F)(F)F)c3)nc21.OCC1(O)CCOc2ccc(Br)nc21. The van der Waals surface area contributed by atoms with Gasteiger partial charge in [0.15, 0.2) is 0 Å². The summed E-state index contributed by atoms with van der Waals surface area (Å²) in [6.07, 6.45) is -8.38. The minimum atomic E-state index is -4.45. The van der Waals surface area contributed by atoms with Crippen LogP contribution in [-0.4, -0.2) is 74.0 Å². The quantitative estimate of drug-likeness (QED) is 0.102. The Hall–Kier alpha value is -3.78. The van der Waals surface area contributed by atoms with Gasteiger partial charge in [0.1, 0.15) is 38.7 Å². The first-order valence-corrected chi connectivity index (χ1v) is 15.5. The van der Waals surface area contributed by atoms with Gasteiger partial charge < -0.3 is 39.9 Å². The molecule has 0 aliphatic carbocycles. The van der Waals surface area contributed by atoms with Gasteiger partial charge in [-0.1, -0.05) is 36.4 Å². The number of benzene rings is 2. The Morgan fingerprint density at radius 2 is 1.20 bits per heavy atom. The average Bonchev–Trinajstić information content (AvgIpc) is 3.09. The van der Waals surface area contributed by atoms with Gasteiger partial charge in [0.25, 0.3) is 0 Å². The predicted octanol–water partition coefficient (Wildman–Crippen LogP) is 3.92. The molecule has 6 N–H and O–H groups in total. The van der Waals surface area contributed by atoms with Crippen molar-refractivity contribution in [2.75, 3.05) is 26.4 Å². The van der Waals surface area contributed by atoms with Gasteiger partial charge in [-0.3, -0.25) is 0 Å². The fourth-order valence-electron chi connectivity index (χ4n) is 4.86. The van der Waals surface area contributed by atoms with E-state index in [1.165, 1.54) is 30.3 Å². The largest absolute Gasteiger partial charge is 0.491 e. The van der Waals surface area contributed by atoms with Crippen LogP contribution in [-0.2, 0) is 23.6 Å². The maximum Gasteiger partial charge on any atom is 0.488 e. The molecule has 50 heavy (non-hydrogen) atoms. The summed E-state index contributed by atoms with van der Waals surface area (Å²) in [7, 11) is -1.87. The second-order valence-electron chi connectivity index (χ2n) is 11.2. The van der Waals surface area contributed by atoms with E-state index < -0.39 is 48.4 Å². The molecule has 0 fully saturated rings. The van der Waals surface area contributed by atoms with Gasteiger partial charge in [-0.05, 0) is 57.8 Å². The molecule has 2 atom stereocenters. The molecule has 268 valence electrons. The summed E-state index contributed by atoms with van der Waals surface area (Å²) < 4.78 is 86.0. The molecule has 10 nitrogen and oxygen atoms in total. The number of halogens is 7. The Bertz CT molecular complexity index is 1780. The molecule has 4 aromatic rings. The van der Waals surface area contributed by atoms with Crippen LogP contribution in [0.3, 0.4) is 0 Å². The second-order valence-corrected chi connectivity index (χ2v) is 12.0. The van der Waals surface area contributed by atoms with E-state index in [4.69, 9.17) is 24.6 Å². The van der Waals surface area contributed by atoms with Gasteiger partial charge >= 0.3 is 19.5 Å². The molecule has 0 saturated carbocycles. The summed E-state index contributed by atoms with van der Waals surface area (Å²) in [6, 6.07) is 15.2. The molecular weight excluding hydrogens is 745 g/mol. The summed E-state index contributed by atoms with van der Waals surface area (Å²) in [5.74, 6) is 0.861. The van der Waals surface area contributed by atoms with Crippen molar-refractivity contribution in [3.8, 4) is 22.8 Å². The van der Waals surface area contributed by atoms with Gasteiger partial charge in [-0.2, -0.15) is 26.3 Å². The normalized spacial score (nSPS) is 19.6. The van der Waals surface area contributed by atoms with Crippen molar-refractivity contribution in [1.29, 1.82) is 0 Å². The van der Waals surface area contributed by atoms with Crippen LogP contribution in [0.25, 0.3) is 11.3 Å². The number of aromatic nitrogens is 2. The standard InChI is InChI=1S/C16H14F3NO3.C9H10BrNO3.C7H6BF3O2/c17-16(18,19)11-3-1-2-10(8-11)12-4-5-13-14(20-12)15(22,9-21)6-7-23-13;10-7-2-1-6-8(11-7)9(13,5-12)3-4-14-6;9-7(10,11)5-2-1-3-6(4-5)8(12)13/h1-5,8,21-22H,6-7,9H2;1-2,12-13H,3-5H2;1-4,12-13H. The van der Waals surface area contributed by atoms with E-state index in [0.717, 1.165) is 24.3 Å². The zero-order valence-electron chi connectivity index (χ0n) is 25.8. The highest BCUT2D eigenvalue weighted by Crippen LogP contribution is 2.38. The first kappa shape index (κ1) is 39.0. The molecule has 2 aromatic carbocycles.